The van der Waals surface area contributed by atoms with Gasteiger partial charge in [-0.3, -0.25) is 0 Å². The SMILES string of the molecule is CCCCCCCCCNc1ccc(N=Nc2ccc(S(=O)(=O)[O-])cc2)cc1.[Na+]. The van der Waals surface area contributed by atoms with Crippen molar-refractivity contribution in [3.63, 3.8) is 0 Å². The second kappa shape index (κ2) is 13.9. The van der Waals surface area contributed by atoms with E-state index >= 15 is 0 Å². The second-order valence-corrected chi connectivity index (χ2v) is 8.12. The van der Waals surface area contributed by atoms with Crippen LogP contribution in [0.25, 0.3) is 0 Å². The molecule has 0 unspecified atom stereocenters. The van der Waals surface area contributed by atoms with E-state index in [4.69, 9.17) is 0 Å². The van der Waals surface area contributed by atoms with Gasteiger partial charge in [0.25, 0.3) is 0 Å². The largest absolute Gasteiger partial charge is 1.00 e. The standard InChI is InChI=1S/C21H29N3O3S.Na/c1-2-3-4-5-6-7-8-17-22-18-9-11-19(12-10-18)23-24-20-13-15-21(16-14-20)28(25,26)27;/h9-16,22H,2-8,17H2,1H3,(H,25,26,27);/q;+1/p-1. The van der Waals surface area contributed by atoms with Crippen molar-refractivity contribution in [3.05, 3.63) is 48.5 Å². The van der Waals surface area contributed by atoms with E-state index in [1.165, 1.54) is 69.2 Å². The van der Waals surface area contributed by atoms with Crippen molar-refractivity contribution < 1.29 is 42.5 Å². The smallest absolute Gasteiger partial charge is 0.744 e. The molecule has 0 spiro atoms. The summed E-state index contributed by atoms with van der Waals surface area (Å²) in [6, 6.07) is 13.0. The summed E-state index contributed by atoms with van der Waals surface area (Å²) in [5.41, 5.74) is 2.23. The molecule has 1 N–H and O–H groups in total. The maximum atomic E-state index is 10.9. The van der Waals surface area contributed by atoms with Crippen molar-refractivity contribution >= 4 is 27.2 Å². The molecule has 0 bridgehead atoms. The first kappa shape index (κ1) is 25.8. The monoisotopic (exact) mass is 425 g/mol. The number of nitrogens with zero attached hydrogens (tertiary/aromatic N) is 2. The van der Waals surface area contributed by atoms with Crippen LogP contribution in [-0.4, -0.2) is 19.5 Å². The zero-order chi connectivity index (χ0) is 20.2. The topological polar surface area (TPSA) is 94.0 Å². The quantitative estimate of drug-likeness (QED) is 0.245. The second-order valence-electron chi connectivity index (χ2n) is 6.74. The van der Waals surface area contributed by atoms with Crippen LogP contribution in [0.2, 0.25) is 0 Å². The maximum absolute atomic E-state index is 10.9. The third-order valence-corrected chi connectivity index (χ3v) is 5.23. The number of azo groups is 1. The summed E-state index contributed by atoms with van der Waals surface area (Å²) in [5, 5.41) is 11.6. The minimum atomic E-state index is -4.44. The molecule has 2 aromatic rings. The summed E-state index contributed by atoms with van der Waals surface area (Å²) >= 11 is 0. The molecule has 152 valence electrons. The van der Waals surface area contributed by atoms with Crippen LogP contribution in [0.15, 0.2) is 63.7 Å². The van der Waals surface area contributed by atoms with Crippen LogP contribution in [0.3, 0.4) is 0 Å². The van der Waals surface area contributed by atoms with Gasteiger partial charge in [-0.2, -0.15) is 10.2 Å². The Morgan fingerprint density at radius 2 is 1.28 bits per heavy atom. The van der Waals surface area contributed by atoms with Crippen LogP contribution in [0, 0.1) is 0 Å². The zero-order valence-corrected chi connectivity index (χ0v) is 20.1. The van der Waals surface area contributed by atoms with Crippen molar-refractivity contribution in [1.82, 2.24) is 0 Å². The van der Waals surface area contributed by atoms with E-state index in [0.717, 1.165) is 12.2 Å². The zero-order valence-electron chi connectivity index (χ0n) is 17.3. The molecule has 29 heavy (non-hydrogen) atoms. The van der Waals surface area contributed by atoms with Gasteiger partial charge in [-0.05, 0) is 55.0 Å². The number of benzene rings is 2. The van der Waals surface area contributed by atoms with Gasteiger partial charge < -0.3 is 9.87 Å². The van der Waals surface area contributed by atoms with Gasteiger partial charge in [-0.15, -0.1) is 0 Å². The van der Waals surface area contributed by atoms with Crippen molar-refractivity contribution in [2.75, 3.05) is 11.9 Å². The molecule has 0 aromatic heterocycles. The average molecular weight is 426 g/mol. The Morgan fingerprint density at radius 1 is 0.793 bits per heavy atom. The Balaban J connectivity index is 0.00000420. The minimum Gasteiger partial charge on any atom is -0.744 e. The van der Waals surface area contributed by atoms with E-state index in [0.29, 0.717) is 11.4 Å². The molecule has 0 fully saturated rings. The molecule has 8 heteroatoms. The van der Waals surface area contributed by atoms with E-state index in [2.05, 4.69) is 22.5 Å². The van der Waals surface area contributed by atoms with Crippen LogP contribution in [0.4, 0.5) is 17.1 Å². The Bertz CT molecular complexity index is 838. The van der Waals surface area contributed by atoms with Gasteiger partial charge in [0.1, 0.15) is 10.1 Å². The number of hydrogen-bond donors (Lipinski definition) is 1. The van der Waals surface area contributed by atoms with Crippen LogP contribution in [0.5, 0.6) is 0 Å². The summed E-state index contributed by atoms with van der Waals surface area (Å²) < 4.78 is 32.7. The number of rotatable bonds is 12. The molecule has 2 rings (SSSR count). The molecule has 0 saturated carbocycles. The van der Waals surface area contributed by atoms with Gasteiger partial charge in [0, 0.05) is 12.2 Å². The molecule has 0 aliphatic rings. The van der Waals surface area contributed by atoms with Crippen LogP contribution in [0.1, 0.15) is 51.9 Å². The summed E-state index contributed by atoms with van der Waals surface area (Å²) in [7, 11) is -4.44. The molecular weight excluding hydrogens is 397 g/mol. The van der Waals surface area contributed by atoms with E-state index in [9.17, 15) is 13.0 Å². The molecule has 0 aliphatic carbocycles. The number of hydrogen-bond acceptors (Lipinski definition) is 6. The molecule has 0 atom stereocenters. The summed E-state index contributed by atoms with van der Waals surface area (Å²) in [4.78, 5) is -0.275. The summed E-state index contributed by atoms with van der Waals surface area (Å²) in [5.74, 6) is 0. The van der Waals surface area contributed by atoms with Gasteiger partial charge in [-0.1, -0.05) is 45.4 Å². The first-order valence-electron chi connectivity index (χ1n) is 9.80. The number of unbranched alkanes of at least 4 members (excludes halogenated alkanes) is 6. The van der Waals surface area contributed by atoms with Crippen LogP contribution in [-0.2, 0) is 10.1 Å². The molecule has 6 nitrogen and oxygen atoms in total. The molecular formula is C21H28N3NaO3S. The fraction of sp³-hybridized carbons (Fsp3) is 0.429. The third kappa shape index (κ3) is 10.4. The van der Waals surface area contributed by atoms with Gasteiger partial charge in [0.2, 0.25) is 0 Å². The normalized spacial score (nSPS) is 11.4. The summed E-state index contributed by atoms with van der Waals surface area (Å²) in [6.45, 7) is 3.20. The predicted molar refractivity (Wildman–Crippen MR) is 112 cm³/mol. The maximum Gasteiger partial charge on any atom is 1.00 e. The van der Waals surface area contributed by atoms with Crippen molar-refractivity contribution in [3.8, 4) is 0 Å². The van der Waals surface area contributed by atoms with Gasteiger partial charge in [0.05, 0.1) is 16.3 Å². The molecule has 2 aromatic carbocycles. The number of anilines is 1. The fourth-order valence-electron chi connectivity index (χ4n) is 2.76. The molecule has 0 amide bonds. The van der Waals surface area contributed by atoms with Crippen molar-refractivity contribution in [1.29, 1.82) is 0 Å². The van der Waals surface area contributed by atoms with Gasteiger partial charge >= 0.3 is 29.6 Å². The third-order valence-electron chi connectivity index (χ3n) is 4.38. The van der Waals surface area contributed by atoms with E-state index in [1.807, 2.05) is 24.3 Å². The first-order chi connectivity index (χ1) is 13.5. The van der Waals surface area contributed by atoms with Crippen molar-refractivity contribution in [2.24, 2.45) is 10.2 Å². The Hall–Kier alpha value is -1.25. The van der Waals surface area contributed by atoms with Gasteiger partial charge in [0.15, 0.2) is 0 Å². The molecule has 0 radical (unpaired) electrons. The number of nitrogens with one attached hydrogen (secondary N) is 1. The van der Waals surface area contributed by atoms with E-state index < -0.39 is 10.1 Å². The Labute approximate surface area is 196 Å². The fourth-order valence-corrected chi connectivity index (χ4v) is 3.23. The van der Waals surface area contributed by atoms with E-state index in [1.54, 1.807) is 0 Å². The van der Waals surface area contributed by atoms with Crippen LogP contribution >= 0.6 is 0 Å². The first-order valence-corrected chi connectivity index (χ1v) is 11.2. The van der Waals surface area contributed by atoms with Gasteiger partial charge in [-0.25, -0.2) is 8.42 Å². The van der Waals surface area contributed by atoms with E-state index in [-0.39, 0.29) is 34.5 Å². The summed E-state index contributed by atoms with van der Waals surface area (Å²) in [6.07, 6.45) is 9.05. The molecule has 0 aliphatic heterocycles. The van der Waals surface area contributed by atoms with Crippen molar-refractivity contribution in [2.45, 2.75) is 56.8 Å². The Kier molecular flexibility index (Phi) is 12.3. The van der Waals surface area contributed by atoms with Crippen LogP contribution < -0.4 is 34.9 Å². The molecule has 0 saturated heterocycles. The molecule has 0 heterocycles. The predicted octanol–water partition coefficient (Wildman–Crippen LogP) is 3.17. The minimum absolute atomic E-state index is 0. The average Bonchev–Trinajstić information content (AvgIpc) is 2.69. The Morgan fingerprint density at radius 3 is 1.79 bits per heavy atom.